The van der Waals surface area contributed by atoms with Gasteiger partial charge in [0.1, 0.15) is 5.75 Å². The molecule has 0 unspecified atom stereocenters. The Morgan fingerprint density at radius 3 is 2.50 bits per heavy atom. The zero-order chi connectivity index (χ0) is 13.1. The molecule has 1 saturated carbocycles. The molecule has 1 aromatic carbocycles. The standard InChI is InChI=1S/C15H24N2O/c1-10-9-14(11(2)12(3)15(10)18-4)17-8-7-16-13-5-6-13/h9,13,16-17H,5-8H2,1-4H3. The molecule has 0 amide bonds. The second-order valence-electron chi connectivity index (χ2n) is 5.18. The van der Waals surface area contributed by atoms with Crippen LogP contribution in [0.3, 0.4) is 0 Å². The Bertz CT molecular complexity index is 425. The number of methoxy groups -OCH3 is 1. The Morgan fingerprint density at radius 1 is 1.17 bits per heavy atom. The molecule has 0 aromatic heterocycles. The van der Waals surface area contributed by atoms with Gasteiger partial charge in [-0.1, -0.05) is 0 Å². The van der Waals surface area contributed by atoms with Crippen molar-refractivity contribution in [3.8, 4) is 5.75 Å². The van der Waals surface area contributed by atoms with Gasteiger partial charge in [-0.2, -0.15) is 0 Å². The summed E-state index contributed by atoms with van der Waals surface area (Å²) < 4.78 is 5.44. The summed E-state index contributed by atoms with van der Waals surface area (Å²) in [5.41, 5.74) is 4.93. The maximum Gasteiger partial charge on any atom is 0.125 e. The summed E-state index contributed by atoms with van der Waals surface area (Å²) in [6, 6.07) is 2.96. The maximum atomic E-state index is 5.44. The minimum Gasteiger partial charge on any atom is -0.496 e. The highest BCUT2D eigenvalue weighted by Gasteiger charge is 2.19. The van der Waals surface area contributed by atoms with Crippen molar-refractivity contribution in [1.82, 2.24) is 5.32 Å². The van der Waals surface area contributed by atoms with Crippen LogP contribution in [0, 0.1) is 20.8 Å². The minimum absolute atomic E-state index is 0.784. The number of anilines is 1. The van der Waals surface area contributed by atoms with Gasteiger partial charge >= 0.3 is 0 Å². The summed E-state index contributed by atoms with van der Waals surface area (Å²) in [6.07, 6.45) is 2.69. The molecule has 18 heavy (non-hydrogen) atoms. The van der Waals surface area contributed by atoms with Crippen molar-refractivity contribution in [3.63, 3.8) is 0 Å². The summed E-state index contributed by atoms with van der Waals surface area (Å²) in [5, 5.41) is 7.02. The monoisotopic (exact) mass is 248 g/mol. The first-order valence-corrected chi connectivity index (χ1v) is 6.75. The van der Waals surface area contributed by atoms with Crippen LogP contribution in [0.25, 0.3) is 0 Å². The number of hydrogen-bond acceptors (Lipinski definition) is 3. The molecular weight excluding hydrogens is 224 g/mol. The third-order valence-corrected chi connectivity index (χ3v) is 3.68. The van der Waals surface area contributed by atoms with Gasteiger partial charge in [-0.05, 0) is 56.4 Å². The Balaban J connectivity index is 1.98. The van der Waals surface area contributed by atoms with E-state index < -0.39 is 0 Å². The smallest absolute Gasteiger partial charge is 0.125 e. The largest absolute Gasteiger partial charge is 0.496 e. The van der Waals surface area contributed by atoms with E-state index in [1.165, 1.54) is 35.2 Å². The maximum absolute atomic E-state index is 5.44. The van der Waals surface area contributed by atoms with E-state index in [4.69, 9.17) is 4.74 Å². The van der Waals surface area contributed by atoms with Gasteiger partial charge in [-0.25, -0.2) is 0 Å². The predicted octanol–water partition coefficient (Wildman–Crippen LogP) is 2.78. The van der Waals surface area contributed by atoms with Crippen LogP contribution in [0.2, 0.25) is 0 Å². The van der Waals surface area contributed by atoms with E-state index in [1.54, 1.807) is 7.11 Å². The van der Waals surface area contributed by atoms with Crippen LogP contribution in [0.5, 0.6) is 5.75 Å². The quantitative estimate of drug-likeness (QED) is 0.760. The molecule has 3 heteroatoms. The van der Waals surface area contributed by atoms with Gasteiger partial charge < -0.3 is 15.4 Å². The average Bonchev–Trinajstić information content (AvgIpc) is 3.15. The van der Waals surface area contributed by atoms with E-state index in [2.05, 4.69) is 37.5 Å². The van der Waals surface area contributed by atoms with Crippen LogP contribution >= 0.6 is 0 Å². The van der Waals surface area contributed by atoms with Crippen molar-refractivity contribution in [2.45, 2.75) is 39.7 Å². The molecule has 0 atom stereocenters. The van der Waals surface area contributed by atoms with Gasteiger partial charge in [-0.3, -0.25) is 0 Å². The molecule has 100 valence electrons. The van der Waals surface area contributed by atoms with Crippen LogP contribution in [0.15, 0.2) is 6.07 Å². The predicted molar refractivity (Wildman–Crippen MR) is 76.7 cm³/mol. The highest BCUT2D eigenvalue weighted by molar-refractivity contribution is 5.61. The number of benzene rings is 1. The third-order valence-electron chi connectivity index (χ3n) is 3.68. The molecule has 1 aliphatic rings. The van der Waals surface area contributed by atoms with E-state index in [0.29, 0.717) is 0 Å². The SMILES string of the molecule is COc1c(C)cc(NCCNC2CC2)c(C)c1C. The zero-order valence-corrected chi connectivity index (χ0v) is 11.9. The van der Waals surface area contributed by atoms with Gasteiger partial charge in [0.15, 0.2) is 0 Å². The van der Waals surface area contributed by atoms with Gasteiger partial charge in [0.25, 0.3) is 0 Å². The molecule has 2 rings (SSSR count). The second-order valence-corrected chi connectivity index (χ2v) is 5.18. The van der Waals surface area contributed by atoms with Crippen molar-refractivity contribution in [2.24, 2.45) is 0 Å². The van der Waals surface area contributed by atoms with Crippen molar-refractivity contribution in [1.29, 1.82) is 0 Å². The lowest BCUT2D eigenvalue weighted by atomic mass is 10.0. The van der Waals surface area contributed by atoms with Gasteiger partial charge in [-0.15, -0.1) is 0 Å². The summed E-state index contributed by atoms with van der Waals surface area (Å²) in [4.78, 5) is 0. The summed E-state index contributed by atoms with van der Waals surface area (Å²) in [5.74, 6) is 1.01. The number of aryl methyl sites for hydroxylation is 1. The molecule has 0 heterocycles. The Labute approximate surface area is 110 Å². The lowest BCUT2D eigenvalue weighted by Gasteiger charge is -2.17. The lowest BCUT2D eigenvalue weighted by Crippen LogP contribution is -2.24. The number of ether oxygens (including phenoxy) is 1. The van der Waals surface area contributed by atoms with Crippen LogP contribution in [-0.2, 0) is 0 Å². The molecule has 1 fully saturated rings. The molecule has 0 radical (unpaired) electrons. The van der Waals surface area contributed by atoms with Crippen LogP contribution in [0.1, 0.15) is 29.5 Å². The Kier molecular flexibility index (Phi) is 4.12. The first-order chi connectivity index (χ1) is 8.63. The second kappa shape index (κ2) is 5.61. The molecule has 0 spiro atoms. The van der Waals surface area contributed by atoms with Crippen molar-refractivity contribution in [2.75, 3.05) is 25.5 Å². The fraction of sp³-hybridized carbons (Fsp3) is 0.600. The Morgan fingerprint density at radius 2 is 1.89 bits per heavy atom. The number of hydrogen-bond donors (Lipinski definition) is 2. The molecule has 3 nitrogen and oxygen atoms in total. The van der Waals surface area contributed by atoms with E-state index in [-0.39, 0.29) is 0 Å². The van der Waals surface area contributed by atoms with Gasteiger partial charge in [0, 0.05) is 24.8 Å². The molecule has 2 N–H and O–H groups in total. The fourth-order valence-electron chi connectivity index (χ4n) is 2.32. The zero-order valence-electron chi connectivity index (χ0n) is 11.9. The molecule has 1 aromatic rings. The van der Waals surface area contributed by atoms with Gasteiger partial charge in [0.05, 0.1) is 7.11 Å². The number of rotatable bonds is 6. The summed E-state index contributed by atoms with van der Waals surface area (Å²) >= 11 is 0. The highest BCUT2D eigenvalue weighted by atomic mass is 16.5. The van der Waals surface area contributed by atoms with Crippen molar-refractivity contribution < 1.29 is 4.74 Å². The van der Waals surface area contributed by atoms with Crippen LogP contribution in [0.4, 0.5) is 5.69 Å². The Hall–Kier alpha value is -1.22. The molecule has 0 aliphatic heterocycles. The molecule has 1 aliphatic carbocycles. The normalized spacial score (nSPS) is 14.7. The summed E-state index contributed by atoms with van der Waals surface area (Å²) in [7, 11) is 1.74. The molecular formula is C15H24N2O. The summed E-state index contributed by atoms with van der Waals surface area (Å²) in [6.45, 7) is 8.37. The molecule has 0 saturated heterocycles. The van der Waals surface area contributed by atoms with Crippen LogP contribution in [-0.4, -0.2) is 26.2 Å². The van der Waals surface area contributed by atoms with Gasteiger partial charge in [0.2, 0.25) is 0 Å². The molecule has 0 bridgehead atoms. The lowest BCUT2D eigenvalue weighted by molar-refractivity contribution is 0.408. The van der Waals surface area contributed by atoms with E-state index in [0.717, 1.165) is 24.9 Å². The average molecular weight is 248 g/mol. The van der Waals surface area contributed by atoms with E-state index in [1.807, 2.05) is 0 Å². The fourth-order valence-corrected chi connectivity index (χ4v) is 2.32. The van der Waals surface area contributed by atoms with Crippen molar-refractivity contribution >= 4 is 5.69 Å². The first-order valence-electron chi connectivity index (χ1n) is 6.75. The van der Waals surface area contributed by atoms with E-state index in [9.17, 15) is 0 Å². The topological polar surface area (TPSA) is 33.3 Å². The number of nitrogens with one attached hydrogen (secondary N) is 2. The van der Waals surface area contributed by atoms with Crippen molar-refractivity contribution in [3.05, 3.63) is 22.8 Å². The first kappa shape index (κ1) is 13.2. The van der Waals surface area contributed by atoms with Crippen LogP contribution < -0.4 is 15.4 Å². The third kappa shape index (κ3) is 2.96. The highest BCUT2D eigenvalue weighted by Crippen LogP contribution is 2.31. The minimum atomic E-state index is 0.784. The van der Waals surface area contributed by atoms with E-state index >= 15 is 0 Å².